The van der Waals surface area contributed by atoms with E-state index < -0.39 is 5.54 Å². The van der Waals surface area contributed by atoms with Crippen LogP contribution in [0.25, 0.3) is 0 Å². The summed E-state index contributed by atoms with van der Waals surface area (Å²) in [5.74, 6) is 2.13. The van der Waals surface area contributed by atoms with Crippen molar-refractivity contribution in [3.05, 3.63) is 47.1 Å². The predicted octanol–water partition coefficient (Wildman–Crippen LogP) is 4.40. The molecule has 2 N–H and O–H groups in total. The van der Waals surface area contributed by atoms with Crippen LogP contribution in [-0.4, -0.2) is 17.2 Å². The lowest BCUT2D eigenvalue weighted by Gasteiger charge is -2.46. The zero-order valence-corrected chi connectivity index (χ0v) is 17.4. The van der Waals surface area contributed by atoms with E-state index in [4.69, 9.17) is 11.6 Å². The largest absolute Gasteiger partial charge is 0.377 e. The van der Waals surface area contributed by atoms with Crippen molar-refractivity contribution in [2.75, 3.05) is 0 Å². The molecule has 0 spiro atoms. The molecule has 4 rings (SSSR count). The number of carbonyl (C=O) groups excluding carboxylic acids is 2. The van der Waals surface area contributed by atoms with Gasteiger partial charge >= 0.3 is 0 Å². The topological polar surface area (TPSA) is 58.2 Å². The van der Waals surface area contributed by atoms with Gasteiger partial charge in [-0.1, -0.05) is 30.3 Å². The number of halogens is 1. The van der Waals surface area contributed by atoms with Gasteiger partial charge in [0.05, 0.1) is 11.6 Å². The van der Waals surface area contributed by atoms with Crippen LogP contribution in [0.3, 0.4) is 0 Å². The smallest absolute Gasteiger partial charge is 0.223 e. The van der Waals surface area contributed by atoms with Crippen LogP contribution in [0.4, 0.5) is 0 Å². The number of benzene rings is 1. The molecule has 5 heteroatoms. The van der Waals surface area contributed by atoms with Gasteiger partial charge in [0.15, 0.2) is 5.78 Å². The maximum Gasteiger partial charge on any atom is 0.223 e. The monoisotopic (exact) mass is 400 g/mol. The lowest BCUT2D eigenvalue weighted by molar-refractivity contribution is -0.137. The number of rotatable bonds is 7. The summed E-state index contributed by atoms with van der Waals surface area (Å²) in [7, 11) is 0. The van der Waals surface area contributed by atoms with Crippen LogP contribution < -0.4 is 10.6 Å². The molecule has 28 heavy (non-hydrogen) atoms. The van der Waals surface area contributed by atoms with Crippen LogP contribution in [0, 0.1) is 23.7 Å². The summed E-state index contributed by atoms with van der Waals surface area (Å²) in [4.78, 5) is 25.2. The number of hydrogen-bond donors (Lipinski definition) is 2. The Morgan fingerprint density at radius 2 is 1.86 bits per heavy atom. The molecule has 0 aliphatic heterocycles. The average molecular weight is 401 g/mol. The molecule has 3 fully saturated rings. The summed E-state index contributed by atoms with van der Waals surface area (Å²) in [6, 6.07) is 7.85. The molecule has 1 amide bonds. The number of nitrogens with one attached hydrogen (secondary N) is 2. The Morgan fingerprint density at radius 1 is 1.18 bits per heavy atom. The lowest BCUT2D eigenvalue weighted by atomic mass is 9.65. The number of carbonyl (C=O) groups is 2. The number of allylic oxidation sites excluding steroid dienone is 1. The van der Waals surface area contributed by atoms with Gasteiger partial charge in [0.1, 0.15) is 0 Å². The molecule has 3 saturated carbocycles. The SMILES string of the molecule is C=C(C)NC1(C(C)=O)CC(C(=O)N[C@H](c2cccc(Cl)c2)C2C[C@@H]3C[C@@H]3C2)C1. The van der Waals surface area contributed by atoms with Crippen LogP contribution in [0.2, 0.25) is 5.02 Å². The normalized spacial score (nSPS) is 34.0. The van der Waals surface area contributed by atoms with Crippen molar-refractivity contribution in [2.24, 2.45) is 23.7 Å². The Labute approximate surface area is 172 Å². The first-order valence-corrected chi connectivity index (χ1v) is 10.7. The van der Waals surface area contributed by atoms with Gasteiger partial charge < -0.3 is 10.6 Å². The molecule has 4 nitrogen and oxygen atoms in total. The maximum atomic E-state index is 13.0. The Bertz CT molecular complexity index is 805. The number of Topliss-reactive ketones (excluding diaryl/α,β-unsaturated/α-hetero) is 1. The second-order valence-corrected chi connectivity index (χ2v) is 9.61. The summed E-state index contributed by atoms with van der Waals surface area (Å²) in [6.07, 6.45) is 4.77. The van der Waals surface area contributed by atoms with Gasteiger partial charge in [0, 0.05) is 16.6 Å². The number of ketones is 1. The van der Waals surface area contributed by atoms with E-state index in [0.717, 1.165) is 23.1 Å². The van der Waals surface area contributed by atoms with E-state index in [9.17, 15) is 9.59 Å². The number of amides is 1. The summed E-state index contributed by atoms with van der Waals surface area (Å²) in [5, 5.41) is 7.21. The summed E-state index contributed by atoms with van der Waals surface area (Å²) >= 11 is 6.22. The van der Waals surface area contributed by atoms with Gasteiger partial charge in [-0.05, 0) is 81.4 Å². The Kier molecular flexibility index (Phi) is 5.03. The number of hydrogen-bond acceptors (Lipinski definition) is 3. The highest BCUT2D eigenvalue weighted by Crippen LogP contribution is 2.57. The molecule has 1 aromatic carbocycles. The number of fused-ring (bicyclic) bond motifs is 1. The van der Waals surface area contributed by atoms with Crippen molar-refractivity contribution in [3.63, 3.8) is 0 Å². The molecule has 1 aromatic rings. The molecule has 0 radical (unpaired) electrons. The van der Waals surface area contributed by atoms with E-state index in [1.54, 1.807) is 6.92 Å². The molecule has 3 aliphatic rings. The fraction of sp³-hybridized carbons (Fsp3) is 0.565. The minimum Gasteiger partial charge on any atom is -0.377 e. The molecule has 0 bridgehead atoms. The standard InChI is InChI=1S/C23H29ClN2O2/c1-13(2)26-23(14(3)27)11-19(12-23)22(28)25-21(15-5-4-6-20(24)10-15)18-8-16-7-17(16)9-18/h4-6,10,16-19,21,26H,1,7-9,11-12H2,2-3H3,(H,25,28)/t16-,17+,18?,19?,21-,23?/m1/s1. The maximum absolute atomic E-state index is 13.0. The van der Waals surface area contributed by atoms with Crippen LogP contribution >= 0.6 is 11.6 Å². The highest BCUT2D eigenvalue weighted by atomic mass is 35.5. The summed E-state index contributed by atoms with van der Waals surface area (Å²) in [6.45, 7) is 7.29. The Hall–Kier alpha value is -1.81. The quantitative estimate of drug-likeness (QED) is 0.712. The molecule has 1 unspecified atom stereocenters. The molecule has 0 aromatic heterocycles. The second-order valence-electron chi connectivity index (χ2n) is 9.18. The van der Waals surface area contributed by atoms with Gasteiger partial charge in [-0.25, -0.2) is 0 Å². The Balaban J connectivity index is 1.46. The minimum absolute atomic E-state index is 0.000396. The van der Waals surface area contributed by atoms with E-state index in [2.05, 4.69) is 23.3 Å². The van der Waals surface area contributed by atoms with Crippen molar-refractivity contribution in [3.8, 4) is 0 Å². The predicted molar refractivity (Wildman–Crippen MR) is 111 cm³/mol. The fourth-order valence-electron chi connectivity index (χ4n) is 5.33. The van der Waals surface area contributed by atoms with Gasteiger partial charge in [0.2, 0.25) is 5.91 Å². The van der Waals surface area contributed by atoms with Gasteiger partial charge in [-0.3, -0.25) is 9.59 Å². The van der Waals surface area contributed by atoms with Crippen molar-refractivity contribution < 1.29 is 9.59 Å². The minimum atomic E-state index is -0.631. The third-order valence-electron chi connectivity index (χ3n) is 6.94. The van der Waals surface area contributed by atoms with Crippen LogP contribution in [0.1, 0.15) is 57.6 Å². The van der Waals surface area contributed by atoms with Crippen molar-refractivity contribution >= 4 is 23.3 Å². The first kappa shape index (κ1) is 19.5. The van der Waals surface area contributed by atoms with Crippen LogP contribution in [-0.2, 0) is 9.59 Å². The Morgan fingerprint density at radius 3 is 2.43 bits per heavy atom. The molecule has 4 atom stereocenters. The van der Waals surface area contributed by atoms with Crippen molar-refractivity contribution in [2.45, 2.75) is 57.5 Å². The van der Waals surface area contributed by atoms with E-state index in [-0.39, 0.29) is 23.7 Å². The van der Waals surface area contributed by atoms with Crippen LogP contribution in [0.15, 0.2) is 36.5 Å². The molecule has 3 aliphatic carbocycles. The van der Waals surface area contributed by atoms with Crippen molar-refractivity contribution in [1.82, 2.24) is 10.6 Å². The zero-order chi connectivity index (χ0) is 20.1. The molecule has 0 saturated heterocycles. The van der Waals surface area contributed by atoms with Crippen LogP contribution in [0.5, 0.6) is 0 Å². The van der Waals surface area contributed by atoms with Gasteiger partial charge in [0.25, 0.3) is 0 Å². The summed E-state index contributed by atoms with van der Waals surface area (Å²) < 4.78 is 0. The van der Waals surface area contributed by atoms with E-state index in [1.807, 2.05) is 25.1 Å². The average Bonchev–Trinajstić information content (AvgIpc) is 3.20. The molecular formula is C23H29ClN2O2. The second kappa shape index (κ2) is 7.22. The third kappa shape index (κ3) is 3.71. The van der Waals surface area contributed by atoms with Crippen molar-refractivity contribution in [1.29, 1.82) is 0 Å². The fourth-order valence-corrected chi connectivity index (χ4v) is 5.53. The molecule has 0 heterocycles. The van der Waals surface area contributed by atoms with E-state index >= 15 is 0 Å². The third-order valence-corrected chi connectivity index (χ3v) is 7.18. The van der Waals surface area contributed by atoms with E-state index in [1.165, 1.54) is 19.3 Å². The van der Waals surface area contributed by atoms with E-state index in [0.29, 0.717) is 23.8 Å². The highest BCUT2D eigenvalue weighted by Gasteiger charge is 2.52. The molecular weight excluding hydrogens is 372 g/mol. The van der Waals surface area contributed by atoms with Gasteiger partial charge in [-0.15, -0.1) is 0 Å². The lowest BCUT2D eigenvalue weighted by Crippen LogP contribution is -2.62. The summed E-state index contributed by atoms with van der Waals surface area (Å²) in [5.41, 5.74) is 1.22. The molecule has 150 valence electrons. The zero-order valence-electron chi connectivity index (χ0n) is 16.6. The van der Waals surface area contributed by atoms with Gasteiger partial charge in [-0.2, -0.15) is 0 Å². The first-order chi connectivity index (χ1) is 13.3. The first-order valence-electron chi connectivity index (χ1n) is 10.3. The highest BCUT2D eigenvalue weighted by molar-refractivity contribution is 6.30.